The maximum absolute atomic E-state index is 12.9. The van der Waals surface area contributed by atoms with Gasteiger partial charge < -0.3 is 9.47 Å². The van der Waals surface area contributed by atoms with Crippen molar-refractivity contribution < 1.29 is 31.4 Å². The highest BCUT2D eigenvalue weighted by Gasteiger charge is 2.17. The molecule has 0 saturated heterocycles. The van der Waals surface area contributed by atoms with Crippen molar-refractivity contribution >= 4 is 0 Å². The number of alkyl halides is 1. The lowest BCUT2D eigenvalue weighted by atomic mass is 10.1. The molecule has 1 unspecified atom stereocenters. The molecule has 0 aliphatic carbocycles. The zero-order chi connectivity index (χ0) is 23.0. The highest BCUT2D eigenvalue weighted by atomic mass is 19.2. The predicted molar refractivity (Wildman–Crippen MR) is 106 cm³/mol. The molecule has 0 amide bonds. The Labute approximate surface area is 164 Å². The summed E-state index contributed by atoms with van der Waals surface area (Å²) in [6, 6.07) is 0. The molecule has 0 N–H and O–H groups in total. The Kier molecular flexibility index (Phi) is 17.9. The summed E-state index contributed by atoms with van der Waals surface area (Å²) in [6.07, 6.45) is 0.464. The Morgan fingerprint density at radius 2 is 1.18 bits per heavy atom. The molecule has 0 aromatic carbocycles. The molecule has 7 heteroatoms. The first kappa shape index (κ1) is 30.2. The molecule has 0 saturated carbocycles. The minimum Gasteiger partial charge on any atom is -0.494 e. The summed E-state index contributed by atoms with van der Waals surface area (Å²) in [7, 11) is 2.36. The van der Waals surface area contributed by atoms with Crippen LogP contribution in [0.1, 0.15) is 27.2 Å². The molecule has 160 valence electrons. The Bertz CT molecular complexity index is 605. The van der Waals surface area contributed by atoms with Crippen LogP contribution in [0.25, 0.3) is 0 Å². The second kappa shape index (κ2) is 16.6. The molecule has 0 radical (unpaired) electrons. The third kappa shape index (κ3) is 11.9. The van der Waals surface area contributed by atoms with E-state index in [4.69, 9.17) is 0 Å². The lowest BCUT2D eigenvalue weighted by Gasteiger charge is -2.06. The molecule has 28 heavy (non-hydrogen) atoms. The van der Waals surface area contributed by atoms with Crippen LogP contribution in [0.4, 0.5) is 22.0 Å². The minimum atomic E-state index is -1.64. The van der Waals surface area contributed by atoms with Crippen LogP contribution in [-0.4, -0.2) is 20.4 Å². The SMILES string of the molecule is C=C(CC)/C(F)=C(/F)C(=C)OC.C=C(OC)/C(F)=C(/F)C(=C)C(C)F.C=CC. The van der Waals surface area contributed by atoms with Gasteiger partial charge in [-0.2, -0.15) is 8.78 Å². The van der Waals surface area contributed by atoms with Gasteiger partial charge in [0.25, 0.3) is 0 Å². The van der Waals surface area contributed by atoms with E-state index in [0.29, 0.717) is 6.42 Å². The molecule has 0 aromatic heterocycles. The molecule has 0 aromatic rings. The maximum Gasteiger partial charge on any atom is 0.200 e. The molecule has 0 fully saturated rings. The largest absolute Gasteiger partial charge is 0.494 e. The van der Waals surface area contributed by atoms with E-state index in [9.17, 15) is 22.0 Å². The third-order valence-electron chi connectivity index (χ3n) is 2.87. The number of allylic oxidation sites excluding steroid dienone is 7. The molecule has 0 heterocycles. The second-order valence-electron chi connectivity index (χ2n) is 5.02. The number of ether oxygens (including phenoxy) is 2. The van der Waals surface area contributed by atoms with Gasteiger partial charge in [-0.1, -0.05) is 39.3 Å². The van der Waals surface area contributed by atoms with E-state index < -0.39 is 40.8 Å². The van der Waals surface area contributed by atoms with Gasteiger partial charge in [-0.25, -0.2) is 13.2 Å². The monoisotopic (exact) mass is 408 g/mol. The van der Waals surface area contributed by atoms with Gasteiger partial charge in [0.05, 0.1) is 14.2 Å². The van der Waals surface area contributed by atoms with Crippen molar-refractivity contribution in [3.05, 3.63) is 84.9 Å². The molecule has 0 spiro atoms. The topological polar surface area (TPSA) is 18.5 Å². The number of rotatable bonds is 8. The quantitative estimate of drug-likeness (QED) is 0.178. The van der Waals surface area contributed by atoms with Gasteiger partial charge in [-0.05, 0) is 25.8 Å². The summed E-state index contributed by atoms with van der Waals surface area (Å²) < 4.78 is 72.7. The Morgan fingerprint density at radius 3 is 1.43 bits per heavy atom. The first-order valence-electron chi connectivity index (χ1n) is 8.03. The van der Waals surface area contributed by atoms with Crippen molar-refractivity contribution in [3.8, 4) is 0 Å². The van der Waals surface area contributed by atoms with Crippen LogP contribution in [0.5, 0.6) is 0 Å². The lowest BCUT2D eigenvalue weighted by Crippen LogP contribution is -2.00. The van der Waals surface area contributed by atoms with Gasteiger partial charge in [0.1, 0.15) is 17.7 Å². The lowest BCUT2D eigenvalue weighted by molar-refractivity contribution is 0.279. The summed E-state index contributed by atoms with van der Waals surface area (Å²) >= 11 is 0. The van der Waals surface area contributed by atoms with Crippen LogP contribution in [0.3, 0.4) is 0 Å². The van der Waals surface area contributed by atoms with Crippen LogP contribution in [0, 0.1) is 0 Å². The van der Waals surface area contributed by atoms with Crippen LogP contribution >= 0.6 is 0 Å². The standard InChI is InChI=1S/C9H11F3O.C9H12F2O.C3H6/c1-5(6(2)10)8(11)9(12)7(3)13-4;1-5-6(2)8(10)9(11)7(3)12-4;1-3-2/h6H,1,3H2,2,4H3;2-3,5H2,1,4H3;3H,1H2,2H3/b2*9-8-;. The summed E-state index contributed by atoms with van der Waals surface area (Å²) in [5, 5.41) is 0. The second-order valence-corrected chi connectivity index (χ2v) is 5.02. The van der Waals surface area contributed by atoms with E-state index in [-0.39, 0.29) is 11.3 Å². The first-order valence-corrected chi connectivity index (χ1v) is 8.03. The summed E-state index contributed by atoms with van der Waals surface area (Å²) in [5.41, 5.74) is -0.457. The van der Waals surface area contributed by atoms with Crippen molar-refractivity contribution in [3.63, 3.8) is 0 Å². The molecule has 0 aliphatic rings. The molecular formula is C21H29F5O2. The third-order valence-corrected chi connectivity index (χ3v) is 2.87. The Morgan fingerprint density at radius 1 is 0.857 bits per heavy atom. The molecular weight excluding hydrogens is 379 g/mol. The van der Waals surface area contributed by atoms with E-state index in [2.05, 4.69) is 42.4 Å². The average Bonchev–Trinajstić information content (AvgIpc) is 2.69. The summed E-state index contributed by atoms with van der Waals surface area (Å²) in [5.74, 6) is -5.55. The number of hydrogen-bond acceptors (Lipinski definition) is 2. The van der Waals surface area contributed by atoms with E-state index in [0.717, 1.165) is 14.0 Å². The van der Waals surface area contributed by atoms with Crippen molar-refractivity contribution in [1.29, 1.82) is 0 Å². The van der Waals surface area contributed by atoms with Crippen LogP contribution in [0.2, 0.25) is 0 Å². The van der Waals surface area contributed by atoms with E-state index >= 15 is 0 Å². The fraction of sp³-hybridized carbons (Fsp3) is 0.333. The van der Waals surface area contributed by atoms with Crippen LogP contribution in [0.15, 0.2) is 84.9 Å². The van der Waals surface area contributed by atoms with Gasteiger partial charge >= 0.3 is 0 Å². The minimum absolute atomic E-state index is 0.103. The highest BCUT2D eigenvalue weighted by molar-refractivity contribution is 5.34. The number of hydrogen-bond donors (Lipinski definition) is 0. The van der Waals surface area contributed by atoms with E-state index in [1.807, 2.05) is 6.92 Å². The molecule has 0 rings (SSSR count). The summed E-state index contributed by atoms with van der Waals surface area (Å²) in [6.45, 7) is 20.6. The van der Waals surface area contributed by atoms with Crippen LogP contribution in [-0.2, 0) is 9.47 Å². The summed E-state index contributed by atoms with van der Waals surface area (Å²) in [4.78, 5) is 0. The van der Waals surface area contributed by atoms with Crippen molar-refractivity contribution in [1.82, 2.24) is 0 Å². The fourth-order valence-corrected chi connectivity index (χ4v) is 1.05. The number of methoxy groups -OCH3 is 2. The van der Waals surface area contributed by atoms with Gasteiger partial charge in [0, 0.05) is 5.57 Å². The highest BCUT2D eigenvalue weighted by Crippen LogP contribution is 2.25. The first-order chi connectivity index (χ1) is 12.9. The normalized spacial score (nSPS) is 12.4. The van der Waals surface area contributed by atoms with Crippen molar-refractivity contribution in [2.24, 2.45) is 0 Å². The molecule has 0 bridgehead atoms. The smallest absolute Gasteiger partial charge is 0.200 e. The zero-order valence-electron chi connectivity index (χ0n) is 17.1. The fourth-order valence-electron chi connectivity index (χ4n) is 1.05. The van der Waals surface area contributed by atoms with E-state index in [1.54, 1.807) is 13.0 Å². The molecule has 2 nitrogen and oxygen atoms in total. The van der Waals surface area contributed by atoms with E-state index in [1.165, 1.54) is 7.11 Å². The molecule has 1 atom stereocenters. The number of halogens is 5. The van der Waals surface area contributed by atoms with Crippen molar-refractivity contribution in [2.75, 3.05) is 14.2 Å². The maximum atomic E-state index is 12.9. The molecule has 0 aliphatic heterocycles. The van der Waals surface area contributed by atoms with Crippen LogP contribution < -0.4 is 0 Å². The predicted octanol–water partition coefficient (Wildman–Crippen LogP) is 7.67. The average molecular weight is 408 g/mol. The van der Waals surface area contributed by atoms with Gasteiger partial charge in [-0.15, -0.1) is 6.58 Å². The Hall–Kier alpha value is -2.57. The zero-order valence-corrected chi connectivity index (χ0v) is 17.1. The van der Waals surface area contributed by atoms with Gasteiger partial charge in [-0.3, -0.25) is 0 Å². The van der Waals surface area contributed by atoms with Gasteiger partial charge in [0.2, 0.25) is 0 Å². The van der Waals surface area contributed by atoms with Gasteiger partial charge in [0.15, 0.2) is 23.3 Å². The Balaban J connectivity index is -0.000000392. The van der Waals surface area contributed by atoms with Crippen molar-refractivity contribution in [2.45, 2.75) is 33.4 Å².